The van der Waals surface area contributed by atoms with Crippen molar-refractivity contribution in [3.63, 3.8) is 0 Å². The third-order valence-corrected chi connectivity index (χ3v) is 2.18. The number of ether oxygens (including phenoxy) is 1. The van der Waals surface area contributed by atoms with Crippen LogP contribution in [0.15, 0.2) is 12.1 Å². The van der Waals surface area contributed by atoms with Crippen molar-refractivity contribution in [1.82, 2.24) is 0 Å². The van der Waals surface area contributed by atoms with Crippen molar-refractivity contribution in [2.45, 2.75) is 33.8 Å². The molecule has 15 heavy (non-hydrogen) atoms. The van der Waals surface area contributed by atoms with E-state index in [1.54, 1.807) is 6.07 Å². The van der Waals surface area contributed by atoms with Crippen LogP contribution in [0.5, 0.6) is 0 Å². The van der Waals surface area contributed by atoms with Crippen molar-refractivity contribution >= 4 is 11.7 Å². The molecule has 0 bridgehead atoms. The molecule has 3 nitrogen and oxygen atoms in total. The molecule has 3 heteroatoms. The van der Waals surface area contributed by atoms with Crippen LogP contribution in [0.3, 0.4) is 0 Å². The van der Waals surface area contributed by atoms with Gasteiger partial charge in [-0.25, -0.2) is 4.79 Å². The van der Waals surface area contributed by atoms with Gasteiger partial charge in [0.1, 0.15) is 0 Å². The molecular weight excluding hydrogens is 190 g/mol. The molecule has 0 saturated heterocycles. The Morgan fingerprint density at radius 3 is 2.40 bits per heavy atom. The molecule has 0 spiro atoms. The lowest BCUT2D eigenvalue weighted by molar-refractivity contribution is 0.0377. The molecule has 2 N–H and O–H groups in total. The summed E-state index contributed by atoms with van der Waals surface area (Å²) in [4.78, 5) is 11.7. The van der Waals surface area contributed by atoms with Crippen LogP contribution in [0, 0.1) is 13.8 Å². The van der Waals surface area contributed by atoms with Gasteiger partial charge in [-0.15, -0.1) is 0 Å². The molecule has 0 unspecified atom stereocenters. The highest BCUT2D eigenvalue weighted by molar-refractivity contribution is 5.92. The summed E-state index contributed by atoms with van der Waals surface area (Å²) >= 11 is 0. The fourth-order valence-corrected chi connectivity index (χ4v) is 1.37. The molecule has 0 amide bonds. The molecule has 1 aromatic carbocycles. The molecule has 0 aliphatic rings. The number of hydrogen-bond acceptors (Lipinski definition) is 3. The lowest BCUT2D eigenvalue weighted by atomic mass is 10.0. The predicted molar refractivity (Wildman–Crippen MR) is 60.9 cm³/mol. The Balaban J connectivity index is 3.04. The first-order chi connectivity index (χ1) is 6.91. The van der Waals surface area contributed by atoms with Crippen LogP contribution in [-0.4, -0.2) is 12.1 Å². The molecule has 0 fully saturated rings. The molecule has 1 rings (SSSR count). The van der Waals surface area contributed by atoms with E-state index in [4.69, 9.17) is 10.5 Å². The maximum atomic E-state index is 11.7. The van der Waals surface area contributed by atoms with Crippen molar-refractivity contribution in [1.29, 1.82) is 0 Å². The number of carbonyl (C=O) groups is 1. The maximum Gasteiger partial charge on any atom is 0.338 e. The number of anilines is 1. The minimum atomic E-state index is -0.311. The summed E-state index contributed by atoms with van der Waals surface area (Å²) < 4.78 is 5.12. The first kappa shape index (κ1) is 11.6. The van der Waals surface area contributed by atoms with Crippen LogP contribution >= 0.6 is 0 Å². The van der Waals surface area contributed by atoms with Gasteiger partial charge in [0, 0.05) is 5.69 Å². The van der Waals surface area contributed by atoms with E-state index < -0.39 is 0 Å². The van der Waals surface area contributed by atoms with Gasteiger partial charge in [0.05, 0.1) is 11.7 Å². The second kappa shape index (κ2) is 4.34. The number of hydrogen-bond donors (Lipinski definition) is 1. The Hall–Kier alpha value is -1.51. The topological polar surface area (TPSA) is 52.3 Å². The molecule has 0 aliphatic heterocycles. The van der Waals surface area contributed by atoms with Gasteiger partial charge in [-0.2, -0.15) is 0 Å². The van der Waals surface area contributed by atoms with E-state index in [0.717, 1.165) is 11.1 Å². The molecule has 0 aromatic heterocycles. The zero-order valence-electron chi connectivity index (χ0n) is 9.63. The van der Waals surface area contributed by atoms with Crippen molar-refractivity contribution in [3.05, 3.63) is 28.8 Å². The number of aryl methyl sites for hydroxylation is 2. The first-order valence-electron chi connectivity index (χ1n) is 4.99. The Labute approximate surface area is 90.2 Å². The van der Waals surface area contributed by atoms with Crippen molar-refractivity contribution in [2.24, 2.45) is 0 Å². The number of carbonyl (C=O) groups excluding carboxylic acids is 1. The van der Waals surface area contributed by atoms with Crippen molar-refractivity contribution < 1.29 is 9.53 Å². The smallest absolute Gasteiger partial charge is 0.338 e. The summed E-state index contributed by atoms with van der Waals surface area (Å²) in [5.41, 5.74) is 8.80. The molecule has 82 valence electrons. The lowest BCUT2D eigenvalue weighted by Gasteiger charge is -2.11. The lowest BCUT2D eigenvalue weighted by Crippen LogP contribution is -2.13. The standard InChI is InChI=1S/C12H17NO2/c1-7(2)15-12(14)10-6-11(13)9(4)5-8(10)3/h5-7H,13H2,1-4H3. The van der Waals surface area contributed by atoms with Gasteiger partial charge in [-0.05, 0) is 44.9 Å². The van der Waals surface area contributed by atoms with Crippen molar-refractivity contribution in [2.75, 3.05) is 5.73 Å². The minimum Gasteiger partial charge on any atom is -0.459 e. The average molecular weight is 207 g/mol. The molecular formula is C12H17NO2. The minimum absolute atomic E-state index is 0.112. The Kier molecular flexibility index (Phi) is 3.35. The summed E-state index contributed by atoms with van der Waals surface area (Å²) in [5.74, 6) is -0.311. The summed E-state index contributed by atoms with van der Waals surface area (Å²) in [5, 5.41) is 0. The van der Waals surface area contributed by atoms with Crippen LogP contribution in [0.2, 0.25) is 0 Å². The second-order valence-electron chi connectivity index (χ2n) is 3.98. The zero-order valence-corrected chi connectivity index (χ0v) is 9.63. The van der Waals surface area contributed by atoms with E-state index in [-0.39, 0.29) is 12.1 Å². The van der Waals surface area contributed by atoms with Gasteiger partial charge in [0.25, 0.3) is 0 Å². The van der Waals surface area contributed by atoms with Crippen molar-refractivity contribution in [3.8, 4) is 0 Å². The molecule has 0 aliphatic carbocycles. The molecule has 0 saturated carbocycles. The molecule has 1 aromatic rings. The third kappa shape index (κ3) is 2.72. The number of nitrogen functional groups attached to an aromatic ring is 1. The second-order valence-corrected chi connectivity index (χ2v) is 3.98. The summed E-state index contributed by atoms with van der Waals surface area (Å²) in [6, 6.07) is 3.57. The third-order valence-electron chi connectivity index (χ3n) is 2.18. The summed E-state index contributed by atoms with van der Waals surface area (Å²) in [7, 11) is 0. The van der Waals surface area contributed by atoms with E-state index in [0.29, 0.717) is 11.3 Å². The Morgan fingerprint density at radius 2 is 1.87 bits per heavy atom. The van der Waals surface area contributed by atoms with Crippen LogP contribution in [0.25, 0.3) is 0 Å². The zero-order chi connectivity index (χ0) is 11.6. The van der Waals surface area contributed by atoms with Gasteiger partial charge < -0.3 is 10.5 Å². The quantitative estimate of drug-likeness (QED) is 0.598. The van der Waals surface area contributed by atoms with Gasteiger partial charge in [-0.3, -0.25) is 0 Å². The van der Waals surface area contributed by atoms with E-state index in [9.17, 15) is 4.79 Å². The van der Waals surface area contributed by atoms with Crippen LogP contribution in [0.4, 0.5) is 5.69 Å². The molecule has 0 radical (unpaired) electrons. The average Bonchev–Trinajstić information content (AvgIpc) is 2.09. The van der Waals surface area contributed by atoms with E-state index in [1.807, 2.05) is 33.8 Å². The van der Waals surface area contributed by atoms with E-state index in [1.165, 1.54) is 0 Å². The number of nitrogens with two attached hydrogens (primary N) is 1. The largest absolute Gasteiger partial charge is 0.459 e. The monoisotopic (exact) mass is 207 g/mol. The normalized spacial score (nSPS) is 10.5. The maximum absolute atomic E-state index is 11.7. The van der Waals surface area contributed by atoms with Gasteiger partial charge >= 0.3 is 5.97 Å². The Bertz CT molecular complexity index is 383. The predicted octanol–water partition coefficient (Wildman–Crippen LogP) is 2.45. The van der Waals surface area contributed by atoms with Gasteiger partial charge in [0.2, 0.25) is 0 Å². The fraction of sp³-hybridized carbons (Fsp3) is 0.417. The van der Waals surface area contributed by atoms with Gasteiger partial charge in [-0.1, -0.05) is 6.07 Å². The molecule has 0 atom stereocenters. The highest BCUT2D eigenvalue weighted by Crippen LogP contribution is 2.18. The Morgan fingerprint density at radius 1 is 1.27 bits per heavy atom. The van der Waals surface area contributed by atoms with Gasteiger partial charge in [0.15, 0.2) is 0 Å². The summed E-state index contributed by atoms with van der Waals surface area (Å²) in [6.07, 6.45) is -0.112. The number of esters is 1. The van der Waals surface area contributed by atoms with E-state index >= 15 is 0 Å². The SMILES string of the molecule is Cc1cc(C)c(C(=O)OC(C)C)cc1N. The number of benzene rings is 1. The first-order valence-corrected chi connectivity index (χ1v) is 4.99. The van der Waals surface area contributed by atoms with Crippen LogP contribution in [0.1, 0.15) is 35.3 Å². The summed E-state index contributed by atoms with van der Waals surface area (Å²) in [6.45, 7) is 7.44. The molecule has 0 heterocycles. The van der Waals surface area contributed by atoms with Crippen LogP contribution in [-0.2, 0) is 4.74 Å². The fourth-order valence-electron chi connectivity index (χ4n) is 1.37. The highest BCUT2D eigenvalue weighted by Gasteiger charge is 2.13. The van der Waals surface area contributed by atoms with Crippen LogP contribution < -0.4 is 5.73 Å². The highest BCUT2D eigenvalue weighted by atomic mass is 16.5. The number of rotatable bonds is 2. The van der Waals surface area contributed by atoms with E-state index in [2.05, 4.69) is 0 Å².